The van der Waals surface area contributed by atoms with Crippen LogP contribution in [0.2, 0.25) is 0 Å². The predicted molar refractivity (Wildman–Crippen MR) is 76.1 cm³/mol. The van der Waals surface area contributed by atoms with Crippen molar-refractivity contribution < 1.29 is 19.1 Å². The zero-order valence-electron chi connectivity index (χ0n) is 12.1. The van der Waals surface area contributed by atoms with E-state index in [0.717, 1.165) is 0 Å². The van der Waals surface area contributed by atoms with Gasteiger partial charge in [-0.05, 0) is 38.0 Å². The molecule has 21 heavy (non-hydrogen) atoms. The van der Waals surface area contributed by atoms with Crippen LogP contribution in [0.4, 0.5) is 10.1 Å². The van der Waals surface area contributed by atoms with Gasteiger partial charge in [0.25, 0.3) is 0 Å². The van der Waals surface area contributed by atoms with Crippen LogP contribution in [-0.4, -0.2) is 41.0 Å². The molecule has 2 rings (SSSR count). The summed E-state index contributed by atoms with van der Waals surface area (Å²) in [6.07, 6.45) is 0.173. The van der Waals surface area contributed by atoms with Crippen LogP contribution in [0.25, 0.3) is 0 Å². The Morgan fingerprint density at radius 1 is 1.48 bits per heavy atom. The van der Waals surface area contributed by atoms with Crippen LogP contribution >= 0.6 is 0 Å². The van der Waals surface area contributed by atoms with Crippen LogP contribution in [0.15, 0.2) is 18.2 Å². The third-order valence-corrected chi connectivity index (χ3v) is 3.84. The third-order valence-electron chi connectivity index (χ3n) is 3.84. The number of carbonyl (C=O) groups is 2. The van der Waals surface area contributed by atoms with E-state index in [-0.39, 0.29) is 5.92 Å². The van der Waals surface area contributed by atoms with E-state index < -0.39 is 23.7 Å². The Morgan fingerprint density at radius 2 is 2.19 bits per heavy atom. The number of hydrogen-bond acceptors (Lipinski definition) is 3. The average Bonchev–Trinajstić information content (AvgIpc) is 2.91. The normalized spacial score (nSPS) is 19.4. The van der Waals surface area contributed by atoms with Crippen molar-refractivity contribution in [2.45, 2.75) is 26.4 Å². The van der Waals surface area contributed by atoms with Crippen LogP contribution in [0.5, 0.6) is 0 Å². The van der Waals surface area contributed by atoms with E-state index in [1.807, 2.05) is 0 Å². The monoisotopic (exact) mass is 294 g/mol. The molecule has 0 bridgehead atoms. The highest BCUT2D eigenvalue weighted by atomic mass is 19.1. The van der Waals surface area contributed by atoms with E-state index in [1.54, 1.807) is 13.8 Å². The van der Waals surface area contributed by atoms with Gasteiger partial charge in [0.15, 0.2) is 0 Å². The van der Waals surface area contributed by atoms with Crippen LogP contribution in [0.1, 0.15) is 18.9 Å². The number of hydrogen-bond donors (Lipinski definition) is 2. The van der Waals surface area contributed by atoms with Gasteiger partial charge in [-0.1, -0.05) is 6.07 Å². The molecule has 2 amide bonds. The molecule has 1 aliphatic heterocycles. The highest BCUT2D eigenvalue weighted by molar-refractivity contribution is 6.39. The molecule has 0 aliphatic carbocycles. The first kappa shape index (κ1) is 15.4. The molecule has 0 radical (unpaired) electrons. The molecule has 1 aromatic rings. The molecule has 2 unspecified atom stereocenters. The van der Waals surface area contributed by atoms with Crippen molar-refractivity contribution in [3.63, 3.8) is 0 Å². The topological polar surface area (TPSA) is 69.6 Å². The summed E-state index contributed by atoms with van der Waals surface area (Å²) in [6.45, 7) is 4.21. The fraction of sp³-hybridized carbons (Fsp3) is 0.467. The number of aliphatic hydroxyl groups is 1. The Bertz CT molecular complexity index is 560. The van der Waals surface area contributed by atoms with Gasteiger partial charge >= 0.3 is 11.8 Å². The van der Waals surface area contributed by atoms with Crippen LogP contribution in [-0.2, 0) is 9.59 Å². The van der Waals surface area contributed by atoms with Gasteiger partial charge in [-0.3, -0.25) is 9.59 Å². The summed E-state index contributed by atoms with van der Waals surface area (Å²) in [7, 11) is 0. The van der Waals surface area contributed by atoms with E-state index in [2.05, 4.69) is 5.32 Å². The van der Waals surface area contributed by atoms with Gasteiger partial charge in [-0.15, -0.1) is 0 Å². The van der Waals surface area contributed by atoms with Crippen molar-refractivity contribution in [1.29, 1.82) is 0 Å². The molecular weight excluding hydrogens is 275 g/mol. The van der Waals surface area contributed by atoms with Gasteiger partial charge in [-0.25, -0.2) is 4.39 Å². The second kappa shape index (κ2) is 6.22. The second-order valence-electron chi connectivity index (χ2n) is 5.45. The Balaban J connectivity index is 2.00. The first-order valence-corrected chi connectivity index (χ1v) is 6.93. The first-order chi connectivity index (χ1) is 9.88. The average molecular weight is 294 g/mol. The minimum absolute atomic E-state index is 0.00217. The lowest BCUT2D eigenvalue weighted by Crippen LogP contribution is -2.39. The van der Waals surface area contributed by atoms with Crippen LogP contribution < -0.4 is 5.32 Å². The van der Waals surface area contributed by atoms with Gasteiger partial charge in [0.1, 0.15) is 5.82 Å². The maximum atomic E-state index is 13.2. The molecule has 1 heterocycles. The highest BCUT2D eigenvalue weighted by Gasteiger charge is 2.32. The van der Waals surface area contributed by atoms with Gasteiger partial charge in [-0.2, -0.15) is 0 Å². The molecule has 1 saturated heterocycles. The minimum Gasteiger partial charge on any atom is -0.393 e. The van der Waals surface area contributed by atoms with Crippen LogP contribution in [0.3, 0.4) is 0 Å². The number of rotatable bonds is 2. The molecule has 6 heteroatoms. The Hall–Kier alpha value is -1.95. The summed E-state index contributed by atoms with van der Waals surface area (Å²) in [5.74, 6) is -1.91. The summed E-state index contributed by atoms with van der Waals surface area (Å²) < 4.78 is 13.2. The van der Waals surface area contributed by atoms with Crippen molar-refractivity contribution in [1.82, 2.24) is 4.90 Å². The molecule has 0 saturated carbocycles. The highest BCUT2D eigenvalue weighted by Crippen LogP contribution is 2.20. The number of carbonyl (C=O) groups excluding carboxylic acids is 2. The largest absolute Gasteiger partial charge is 0.393 e. The summed E-state index contributed by atoms with van der Waals surface area (Å²) in [6, 6.07) is 4.01. The smallest absolute Gasteiger partial charge is 0.313 e. The second-order valence-corrected chi connectivity index (χ2v) is 5.45. The molecule has 1 aliphatic rings. The van der Waals surface area contributed by atoms with E-state index >= 15 is 0 Å². The fourth-order valence-electron chi connectivity index (χ4n) is 2.41. The van der Waals surface area contributed by atoms with Gasteiger partial charge in [0, 0.05) is 24.7 Å². The summed E-state index contributed by atoms with van der Waals surface area (Å²) in [5, 5.41) is 12.0. The summed E-state index contributed by atoms with van der Waals surface area (Å²) in [4.78, 5) is 25.4. The van der Waals surface area contributed by atoms with E-state index in [1.165, 1.54) is 23.1 Å². The van der Waals surface area contributed by atoms with E-state index in [0.29, 0.717) is 30.8 Å². The number of anilines is 1. The molecule has 114 valence electrons. The lowest BCUT2D eigenvalue weighted by atomic mass is 10.0. The Kier molecular flexibility index (Phi) is 4.57. The molecule has 2 N–H and O–H groups in total. The number of halogens is 1. The lowest BCUT2D eigenvalue weighted by Gasteiger charge is -2.17. The van der Waals surface area contributed by atoms with Crippen LogP contribution in [0, 0.1) is 18.7 Å². The SMILES string of the molecule is Cc1ccc(F)cc1NC(=O)C(=O)N1CCC(C(C)O)C1. The quantitative estimate of drug-likeness (QED) is 0.808. The number of benzene rings is 1. The predicted octanol–water partition coefficient (Wildman–Crippen LogP) is 1.30. The number of nitrogens with zero attached hydrogens (tertiary/aromatic N) is 1. The number of aliphatic hydroxyl groups excluding tert-OH is 1. The maximum Gasteiger partial charge on any atom is 0.313 e. The molecule has 0 aromatic heterocycles. The first-order valence-electron chi connectivity index (χ1n) is 6.93. The van der Waals surface area contributed by atoms with Crippen molar-refractivity contribution in [2.75, 3.05) is 18.4 Å². The number of aryl methyl sites for hydroxylation is 1. The molecule has 1 fully saturated rings. The Morgan fingerprint density at radius 3 is 2.81 bits per heavy atom. The van der Waals surface area contributed by atoms with E-state index in [9.17, 15) is 19.1 Å². The van der Waals surface area contributed by atoms with Gasteiger partial charge in [0.2, 0.25) is 0 Å². The number of amides is 2. The fourth-order valence-corrected chi connectivity index (χ4v) is 2.41. The van der Waals surface area contributed by atoms with Gasteiger partial charge in [0.05, 0.1) is 6.10 Å². The maximum absolute atomic E-state index is 13.2. The lowest BCUT2D eigenvalue weighted by molar-refractivity contribution is -0.142. The molecule has 0 spiro atoms. The minimum atomic E-state index is -0.782. The number of likely N-dealkylation sites (tertiary alicyclic amines) is 1. The molecule has 5 nitrogen and oxygen atoms in total. The zero-order valence-corrected chi connectivity index (χ0v) is 12.1. The van der Waals surface area contributed by atoms with Crippen molar-refractivity contribution in [2.24, 2.45) is 5.92 Å². The Labute approximate surface area is 122 Å². The summed E-state index contributed by atoms with van der Waals surface area (Å²) >= 11 is 0. The standard InChI is InChI=1S/C15H19FN2O3/c1-9-3-4-12(16)7-13(9)17-14(20)15(21)18-6-5-11(8-18)10(2)19/h3-4,7,10-11,19H,5-6,8H2,1-2H3,(H,17,20). The number of nitrogens with one attached hydrogen (secondary N) is 1. The van der Waals surface area contributed by atoms with E-state index in [4.69, 9.17) is 0 Å². The van der Waals surface area contributed by atoms with Crippen molar-refractivity contribution >= 4 is 17.5 Å². The van der Waals surface area contributed by atoms with Gasteiger partial charge < -0.3 is 15.3 Å². The van der Waals surface area contributed by atoms with Crippen molar-refractivity contribution in [3.05, 3.63) is 29.6 Å². The molecule has 1 aromatic carbocycles. The van der Waals surface area contributed by atoms with Crippen molar-refractivity contribution in [3.8, 4) is 0 Å². The third kappa shape index (κ3) is 3.58. The molecular formula is C15H19FN2O3. The summed E-state index contributed by atoms with van der Waals surface area (Å²) in [5.41, 5.74) is 0.973. The zero-order chi connectivity index (χ0) is 15.6. The molecule has 2 atom stereocenters.